The Morgan fingerprint density at radius 2 is 2.10 bits per heavy atom. The third-order valence-corrected chi connectivity index (χ3v) is 4.92. The fourth-order valence-corrected chi connectivity index (χ4v) is 3.48. The van der Waals surface area contributed by atoms with Crippen LogP contribution in [0, 0.1) is 5.92 Å². The van der Waals surface area contributed by atoms with Crippen molar-refractivity contribution in [2.75, 3.05) is 31.5 Å². The van der Waals surface area contributed by atoms with Gasteiger partial charge in [0.1, 0.15) is 0 Å². The topological polar surface area (TPSA) is 15.3 Å². The Morgan fingerprint density at radius 1 is 1.25 bits per heavy atom. The maximum Gasteiger partial charge on any atom is 0.0372 e. The molecule has 2 aliphatic heterocycles. The van der Waals surface area contributed by atoms with E-state index in [2.05, 4.69) is 35.3 Å². The van der Waals surface area contributed by atoms with E-state index in [1.54, 1.807) is 0 Å². The lowest BCUT2D eigenvalue weighted by molar-refractivity contribution is 0.191. The Kier molecular flexibility index (Phi) is 4.62. The first-order valence-corrected chi connectivity index (χ1v) is 8.39. The molecule has 0 radical (unpaired) electrons. The number of aryl methyl sites for hydroxylation is 2. The van der Waals surface area contributed by atoms with E-state index in [1.807, 2.05) is 0 Å². The number of nitrogens with one attached hydrogen (secondary N) is 1. The highest BCUT2D eigenvalue weighted by molar-refractivity contribution is 5.54. The molecular formula is C18H28N2. The molecule has 20 heavy (non-hydrogen) atoms. The molecule has 1 fully saturated rings. The maximum atomic E-state index is 3.49. The Labute approximate surface area is 123 Å². The van der Waals surface area contributed by atoms with Crippen LogP contribution in [0.25, 0.3) is 0 Å². The molecule has 0 unspecified atom stereocenters. The molecule has 2 heteroatoms. The summed E-state index contributed by atoms with van der Waals surface area (Å²) in [5.41, 5.74) is 4.42. The van der Waals surface area contributed by atoms with E-state index in [0.29, 0.717) is 0 Å². The molecule has 0 atom stereocenters. The predicted molar refractivity (Wildman–Crippen MR) is 86.4 cm³/mol. The van der Waals surface area contributed by atoms with Crippen LogP contribution in [0.5, 0.6) is 0 Å². The first-order chi connectivity index (χ1) is 9.81. The molecule has 0 amide bonds. The van der Waals surface area contributed by atoms with Gasteiger partial charge in [-0.1, -0.05) is 19.1 Å². The molecule has 0 spiro atoms. The van der Waals surface area contributed by atoms with Crippen molar-refractivity contribution in [3.8, 4) is 0 Å². The standard InChI is InChI=1S/C18H28N2/c1-15-8-12-20(13-9-15)11-3-4-16-6-7-18-17(14-16)5-2-10-19-18/h6-7,14-15,19H,2-5,8-13H2,1H3. The van der Waals surface area contributed by atoms with Gasteiger partial charge in [-0.15, -0.1) is 0 Å². The van der Waals surface area contributed by atoms with Gasteiger partial charge < -0.3 is 10.2 Å². The normalized spacial score (nSPS) is 20.4. The van der Waals surface area contributed by atoms with E-state index in [1.165, 1.54) is 75.0 Å². The van der Waals surface area contributed by atoms with Crippen LogP contribution < -0.4 is 5.32 Å². The summed E-state index contributed by atoms with van der Waals surface area (Å²) < 4.78 is 0. The maximum absolute atomic E-state index is 3.49. The fourth-order valence-electron chi connectivity index (χ4n) is 3.48. The van der Waals surface area contributed by atoms with Crippen LogP contribution in [0.3, 0.4) is 0 Å². The van der Waals surface area contributed by atoms with E-state index in [4.69, 9.17) is 0 Å². The van der Waals surface area contributed by atoms with Gasteiger partial charge in [-0.05, 0) is 81.3 Å². The molecule has 1 N–H and O–H groups in total. The molecular weight excluding hydrogens is 244 g/mol. The Hall–Kier alpha value is -1.02. The zero-order chi connectivity index (χ0) is 13.8. The van der Waals surface area contributed by atoms with Crippen LogP contribution in [0.4, 0.5) is 5.69 Å². The average Bonchev–Trinajstić information content (AvgIpc) is 2.49. The van der Waals surface area contributed by atoms with Crippen molar-refractivity contribution in [2.45, 2.75) is 45.4 Å². The van der Waals surface area contributed by atoms with Crippen molar-refractivity contribution in [2.24, 2.45) is 5.92 Å². The van der Waals surface area contributed by atoms with Crippen molar-refractivity contribution >= 4 is 5.69 Å². The highest BCUT2D eigenvalue weighted by Crippen LogP contribution is 2.23. The molecule has 2 aliphatic rings. The highest BCUT2D eigenvalue weighted by Gasteiger charge is 2.15. The van der Waals surface area contributed by atoms with Crippen molar-refractivity contribution in [3.05, 3.63) is 29.3 Å². The van der Waals surface area contributed by atoms with Crippen LogP contribution in [0.1, 0.15) is 43.7 Å². The number of rotatable bonds is 4. The van der Waals surface area contributed by atoms with E-state index in [0.717, 1.165) is 12.5 Å². The largest absolute Gasteiger partial charge is 0.385 e. The van der Waals surface area contributed by atoms with Gasteiger partial charge in [0.2, 0.25) is 0 Å². The second kappa shape index (κ2) is 6.62. The Morgan fingerprint density at radius 3 is 2.95 bits per heavy atom. The summed E-state index contributed by atoms with van der Waals surface area (Å²) >= 11 is 0. The molecule has 1 aromatic rings. The number of hydrogen-bond acceptors (Lipinski definition) is 2. The fraction of sp³-hybridized carbons (Fsp3) is 0.667. The molecule has 0 aliphatic carbocycles. The molecule has 2 heterocycles. The van der Waals surface area contributed by atoms with Crippen molar-refractivity contribution in [1.82, 2.24) is 4.90 Å². The first kappa shape index (κ1) is 13.9. The van der Waals surface area contributed by atoms with Crippen LogP contribution in [-0.2, 0) is 12.8 Å². The lowest BCUT2D eigenvalue weighted by Gasteiger charge is -2.30. The average molecular weight is 272 g/mol. The van der Waals surface area contributed by atoms with Crippen LogP contribution in [0.15, 0.2) is 18.2 Å². The van der Waals surface area contributed by atoms with Crippen LogP contribution in [-0.4, -0.2) is 31.1 Å². The van der Waals surface area contributed by atoms with Crippen molar-refractivity contribution in [3.63, 3.8) is 0 Å². The molecule has 1 aromatic carbocycles. The summed E-state index contributed by atoms with van der Waals surface area (Å²) in [5.74, 6) is 0.944. The molecule has 0 saturated carbocycles. The van der Waals surface area contributed by atoms with E-state index in [-0.39, 0.29) is 0 Å². The van der Waals surface area contributed by atoms with Gasteiger partial charge in [0.05, 0.1) is 0 Å². The number of benzene rings is 1. The molecule has 0 aromatic heterocycles. The Bertz CT molecular complexity index is 433. The summed E-state index contributed by atoms with van der Waals surface area (Å²) in [7, 11) is 0. The number of likely N-dealkylation sites (tertiary alicyclic amines) is 1. The molecule has 2 nitrogen and oxygen atoms in total. The van der Waals surface area contributed by atoms with Gasteiger partial charge in [-0.2, -0.15) is 0 Å². The summed E-state index contributed by atoms with van der Waals surface area (Å²) in [6, 6.07) is 7.03. The first-order valence-electron chi connectivity index (χ1n) is 8.39. The molecule has 3 rings (SSSR count). The minimum absolute atomic E-state index is 0.944. The number of piperidine rings is 1. The molecule has 0 bridgehead atoms. The van der Waals surface area contributed by atoms with Gasteiger partial charge in [0.15, 0.2) is 0 Å². The molecule has 1 saturated heterocycles. The summed E-state index contributed by atoms with van der Waals surface area (Å²) in [6.45, 7) is 7.44. The van der Waals surface area contributed by atoms with Gasteiger partial charge in [0, 0.05) is 12.2 Å². The molecule has 110 valence electrons. The van der Waals surface area contributed by atoms with Crippen molar-refractivity contribution < 1.29 is 0 Å². The van der Waals surface area contributed by atoms with Crippen LogP contribution in [0.2, 0.25) is 0 Å². The third kappa shape index (κ3) is 3.54. The summed E-state index contributed by atoms with van der Waals surface area (Å²) in [6.07, 6.45) is 7.86. The minimum atomic E-state index is 0.944. The number of anilines is 1. The monoisotopic (exact) mass is 272 g/mol. The summed E-state index contributed by atoms with van der Waals surface area (Å²) in [5, 5.41) is 3.49. The minimum Gasteiger partial charge on any atom is -0.385 e. The SMILES string of the molecule is CC1CCN(CCCc2ccc3c(c2)CCCN3)CC1. The second-order valence-electron chi connectivity index (χ2n) is 6.65. The predicted octanol–water partition coefficient (Wildman–Crippen LogP) is 3.71. The second-order valence-corrected chi connectivity index (χ2v) is 6.65. The third-order valence-electron chi connectivity index (χ3n) is 4.92. The highest BCUT2D eigenvalue weighted by atomic mass is 15.1. The van der Waals surface area contributed by atoms with E-state index >= 15 is 0 Å². The zero-order valence-corrected chi connectivity index (χ0v) is 12.8. The van der Waals surface area contributed by atoms with Crippen LogP contribution >= 0.6 is 0 Å². The number of hydrogen-bond donors (Lipinski definition) is 1. The lowest BCUT2D eigenvalue weighted by Crippen LogP contribution is -2.33. The van der Waals surface area contributed by atoms with Crippen molar-refractivity contribution in [1.29, 1.82) is 0 Å². The quantitative estimate of drug-likeness (QED) is 0.899. The number of fused-ring (bicyclic) bond motifs is 1. The van der Waals surface area contributed by atoms with Gasteiger partial charge in [-0.25, -0.2) is 0 Å². The summed E-state index contributed by atoms with van der Waals surface area (Å²) in [4.78, 5) is 2.65. The lowest BCUT2D eigenvalue weighted by atomic mass is 9.97. The van der Waals surface area contributed by atoms with E-state index < -0.39 is 0 Å². The van der Waals surface area contributed by atoms with Gasteiger partial charge in [0.25, 0.3) is 0 Å². The number of nitrogens with zero attached hydrogens (tertiary/aromatic N) is 1. The van der Waals surface area contributed by atoms with Gasteiger partial charge >= 0.3 is 0 Å². The van der Waals surface area contributed by atoms with Gasteiger partial charge in [-0.3, -0.25) is 0 Å². The smallest absolute Gasteiger partial charge is 0.0372 e. The Balaban J connectivity index is 1.46. The zero-order valence-electron chi connectivity index (χ0n) is 12.8. The van der Waals surface area contributed by atoms with E-state index in [9.17, 15) is 0 Å².